The molecule has 2 aromatic rings. The number of nitro groups is 1. The molecule has 2 N–H and O–H groups in total. The van der Waals surface area contributed by atoms with Crippen molar-refractivity contribution in [3.05, 3.63) is 75.5 Å². The summed E-state index contributed by atoms with van der Waals surface area (Å²) < 4.78 is 5.08. The van der Waals surface area contributed by atoms with Gasteiger partial charge in [0.25, 0.3) is 11.6 Å². The van der Waals surface area contributed by atoms with Crippen LogP contribution in [0.1, 0.15) is 18.1 Å². The molecule has 0 saturated carbocycles. The van der Waals surface area contributed by atoms with Gasteiger partial charge in [-0.3, -0.25) is 19.7 Å². The molecule has 8 heteroatoms. The molecule has 0 saturated heterocycles. The zero-order valence-corrected chi connectivity index (χ0v) is 14.9. The largest absolute Gasteiger partial charge is 0.497 e. The monoisotopic (exact) mass is 369 g/mol. The van der Waals surface area contributed by atoms with Crippen molar-refractivity contribution in [2.45, 2.75) is 13.5 Å². The maximum atomic E-state index is 12.4. The fraction of sp³-hybridized carbons (Fsp3) is 0.158. The van der Waals surface area contributed by atoms with Gasteiger partial charge in [0, 0.05) is 25.6 Å². The molecule has 0 bridgehead atoms. The minimum absolute atomic E-state index is 0.00323. The van der Waals surface area contributed by atoms with Crippen molar-refractivity contribution in [3.63, 3.8) is 0 Å². The van der Waals surface area contributed by atoms with E-state index in [1.807, 2.05) is 12.1 Å². The van der Waals surface area contributed by atoms with E-state index in [4.69, 9.17) is 4.74 Å². The highest BCUT2D eigenvalue weighted by atomic mass is 16.6. The molecule has 27 heavy (non-hydrogen) atoms. The number of ether oxygens (including phenoxy) is 1. The van der Waals surface area contributed by atoms with E-state index in [1.165, 1.54) is 31.2 Å². The maximum absolute atomic E-state index is 12.4. The number of nitrogens with zero attached hydrogens (tertiary/aromatic N) is 1. The molecular weight excluding hydrogens is 350 g/mol. The summed E-state index contributed by atoms with van der Waals surface area (Å²) in [5.74, 6) is -0.228. The number of hydrogen-bond acceptors (Lipinski definition) is 5. The SMILES string of the molecule is COc1ccc(CNC(=O)/C(=C/c2cccc([N+](=O)[O-])c2)NC(C)=O)cc1. The predicted octanol–water partition coefficient (Wildman–Crippen LogP) is 2.40. The van der Waals surface area contributed by atoms with Gasteiger partial charge < -0.3 is 15.4 Å². The third-order valence-corrected chi connectivity index (χ3v) is 3.56. The summed E-state index contributed by atoms with van der Waals surface area (Å²) in [7, 11) is 1.56. The molecule has 0 aliphatic heterocycles. The summed E-state index contributed by atoms with van der Waals surface area (Å²) in [5, 5.41) is 16.0. The standard InChI is InChI=1S/C19H19N3O5/c1-13(23)21-18(11-15-4-3-5-16(10-15)22(25)26)19(24)20-12-14-6-8-17(27-2)9-7-14/h3-11H,12H2,1-2H3,(H,20,24)(H,21,23)/b18-11-. The minimum atomic E-state index is -0.529. The van der Waals surface area contributed by atoms with Gasteiger partial charge in [-0.1, -0.05) is 24.3 Å². The fourth-order valence-electron chi connectivity index (χ4n) is 2.26. The lowest BCUT2D eigenvalue weighted by Gasteiger charge is -2.10. The Labute approximate surface area is 156 Å². The molecule has 2 amide bonds. The first-order valence-electron chi connectivity index (χ1n) is 8.04. The third-order valence-electron chi connectivity index (χ3n) is 3.56. The smallest absolute Gasteiger partial charge is 0.270 e. The van der Waals surface area contributed by atoms with Crippen molar-refractivity contribution in [1.29, 1.82) is 0 Å². The summed E-state index contributed by atoms with van der Waals surface area (Å²) in [6, 6.07) is 12.9. The quantitative estimate of drug-likeness (QED) is 0.442. The van der Waals surface area contributed by atoms with Crippen molar-refractivity contribution in [2.24, 2.45) is 0 Å². The van der Waals surface area contributed by atoms with Crippen molar-refractivity contribution in [2.75, 3.05) is 7.11 Å². The van der Waals surface area contributed by atoms with Gasteiger partial charge in [0.1, 0.15) is 11.4 Å². The van der Waals surface area contributed by atoms with E-state index in [1.54, 1.807) is 25.3 Å². The van der Waals surface area contributed by atoms with Crippen LogP contribution in [-0.2, 0) is 16.1 Å². The Kier molecular flexibility index (Phi) is 6.65. The molecule has 0 aliphatic rings. The number of amides is 2. The first-order valence-corrected chi connectivity index (χ1v) is 8.04. The van der Waals surface area contributed by atoms with Gasteiger partial charge in [-0.15, -0.1) is 0 Å². The first kappa shape index (κ1) is 19.6. The molecule has 0 atom stereocenters. The van der Waals surface area contributed by atoms with Crippen LogP contribution in [0.5, 0.6) is 5.75 Å². The van der Waals surface area contributed by atoms with Crippen molar-refractivity contribution < 1.29 is 19.2 Å². The molecule has 0 aromatic heterocycles. The average Bonchev–Trinajstić information content (AvgIpc) is 2.65. The van der Waals surface area contributed by atoms with Crippen LogP contribution < -0.4 is 15.4 Å². The highest BCUT2D eigenvalue weighted by Crippen LogP contribution is 2.15. The van der Waals surface area contributed by atoms with E-state index >= 15 is 0 Å². The Bertz CT molecular complexity index is 875. The Hall–Kier alpha value is -3.68. The molecule has 0 heterocycles. The van der Waals surface area contributed by atoms with Gasteiger partial charge in [-0.2, -0.15) is 0 Å². The summed E-state index contributed by atoms with van der Waals surface area (Å²) >= 11 is 0. The van der Waals surface area contributed by atoms with E-state index in [9.17, 15) is 19.7 Å². The molecule has 0 radical (unpaired) electrons. The number of hydrogen-bond donors (Lipinski definition) is 2. The van der Waals surface area contributed by atoms with Crippen LogP contribution in [-0.4, -0.2) is 23.8 Å². The minimum Gasteiger partial charge on any atom is -0.497 e. The van der Waals surface area contributed by atoms with Crippen molar-refractivity contribution in [1.82, 2.24) is 10.6 Å². The number of nitrogens with one attached hydrogen (secondary N) is 2. The number of nitro benzene ring substituents is 1. The lowest BCUT2D eigenvalue weighted by Crippen LogP contribution is -2.33. The number of rotatable bonds is 7. The normalized spacial score (nSPS) is 10.8. The second-order valence-electron chi connectivity index (χ2n) is 5.62. The Morgan fingerprint density at radius 2 is 1.89 bits per heavy atom. The number of benzene rings is 2. The lowest BCUT2D eigenvalue weighted by atomic mass is 10.1. The number of carbonyl (C=O) groups is 2. The van der Waals surface area contributed by atoms with E-state index in [0.717, 1.165) is 5.56 Å². The van der Waals surface area contributed by atoms with Crippen LogP contribution in [0.4, 0.5) is 5.69 Å². The second kappa shape index (κ2) is 9.14. The van der Waals surface area contributed by atoms with Crippen LogP contribution in [0.25, 0.3) is 6.08 Å². The van der Waals surface area contributed by atoms with Gasteiger partial charge in [0.15, 0.2) is 0 Å². The first-order chi connectivity index (χ1) is 12.9. The summed E-state index contributed by atoms with van der Waals surface area (Å²) in [6.07, 6.45) is 1.39. The molecule has 2 aromatic carbocycles. The summed E-state index contributed by atoms with van der Waals surface area (Å²) in [6.45, 7) is 1.52. The number of non-ortho nitro benzene ring substituents is 1. The van der Waals surface area contributed by atoms with Gasteiger partial charge in [0.05, 0.1) is 12.0 Å². The van der Waals surface area contributed by atoms with Crippen molar-refractivity contribution in [3.8, 4) is 5.75 Å². The Morgan fingerprint density at radius 1 is 1.19 bits per heavy atom. The molecular formula is C19H19N3O5. The van der Waals surface area contributed by atoms with Crippen LogP contribution in [0.3, 0.4) is 0 Å². The van der Waals surface area contributed by atoms with E-state index in [0.29, 0.717) is 11.3 Å². The van der Waals surface area contributed by atoms with Crippen LogP contribution in [0.15, 0.2) is 54.2 Å². The van der Waals surface area contributed by atoms with Crippen molar-refractivity contribution >= 4 is 23.6 Å². The van der Waals surface area contributed by atoms with Gasteiger partial charge >= 0.3 is 0 Å². The molecule has 0 fully saturated rings. The highest BCUT2D eigenvalue weighted by Gasteiger charge is 2.12. The average molecular weight is 369 g/mol. The topological polar surface area (TPSA) is 111 Å². The van der Waals surface area contributed by atoms with Gasteiger partial charge in [0.2, 0.25) is 5.91 Å². The molecule has 2 rings (SSSR count). The van der Waals surface area contributed by atoms with Gasteiger partial charge in [-0.05, 0) is 29.3 Å². The number of carbonyl (C=O) groups excluding carboxylic acids is 2. The third kappa shape index (κ3) is 5.96. The van der Waals surface area contributed by atoms with Crippen LogP contribution >= 0.6 is 0 Å². The van der Waals surface area contributed by atoms with E-state index in [2.05, 4.69) is 10.6 Å². The summed E-state index contributed by atoms with van der Waals surface area (Å²) in [5.41, 5.74) is 1.16. The lowest BCUT2D eigenvalue weighted by molar-refractivity contribution is -0.384. The highest BCUT2D eigenvalue weighted by molar-refractivity contribution is 6.00. The van der Waals surface area contributed by atoms with E-state index in [-0.39, 0.29) is 17.9 Å². The van der Waals surface area contributed by atoms with Gasteiger partial charge in [-0.25, -0.2) is 0 Å². The van der Waals surface area contributed by atoms with Crippen LogP contribution in [0, 0.1) is 10.1 Å². The molecule has 140 valence electrons. The zero-order chi connectivity index (χ0) is 19.8. The fourth-order valence-corrected chi connectivity index (χ4v) is 2.26. The predicted molar refractivity (Wildman–Crippen MR) is 99.7 cm³/mol. The number of methoxy groups -OCH3 is 1. The summed E-state index contributed by atoms with van der Waals surface area (Å²) in [4.78, 5) is 34.2. The maximum Gasteiger partial charge on any atom is 0.270 e. The molecule has 0 aliphatic carbocycles. The van der Waals surface area contributed by atoms with E-state index < -0.39 is 16.7 Å². The molecule has 8 nitrogen and oxygen atoms in total. The Morgan fingerprint density at radius 3 is 2.48 bits per heavy atom. The second-order valence-corrected chi connectivity index (χ2v) is 5.62. The molecule has 0 unspecified atom stereocenters. The zero-order valence-electron chi connectivity index (χ0n) is 14.9. The molecule has 0 spiro atoms. The van der Waals surface area contributed by atoms with Crippen LogP contribution in [0.2, 0.25) is 0 Å². The Balaban J connectivity index is 2.16.